The Morgan fingerprint density at radius 2 is 1.32 bits per heavy atom. The molecule has 0 aliphatic rings. The zero-order valence-electron chi connectivity index (χ0n) is 14.9. The summed E-state index contributed by atoms with van der Waals surface area (Å²) in [5.74, 6) is 0. The van der Waals surface area contributed by atoms with Crippen molar-refractivity contribution < 1.29 is 0 Å². The van der Waals surface area contributed by atoms with E-state index in [4.69, 9.17) is 6.57 Å². The summed E-state index contributed by atoms with van der Waals surface area (Å²) < 4.78 is 3.34. The van der Waals surface area contributed by atoms with E-state index >= 15 is 0 Å². The Hall–Kier alpha value is -3.35. The first-order chi connectivity index (χ1) is 13.7. The molecule has 5 rings (SSSR count). The number of para-hydroxylation sites is 1. The van der Waals surface area contributed by atoms with Gasteiger partial charge in [-0.25, -0.2) is 4.85 Å². The largest absolute Gasteiger partial charge is 0.309 e. The first kappa shape index (κ1) is 16.8. The molecule has 0 unspecified atom stereocenters. The third-order valence-electron chi connectivity index (χ3n) is 5.07. The number of aromatic nitrogens is 1. The van der Waals surface area contributed by atoms with Crippen molar-refractivity contribution in [1.82, 2.24) is 4.57 Å². The van der Waals surface area contributed by atoms with E-state index in [1.54, 1.807) is 0 Å². The molecule has 28 heavy (non-hydrogen) atoms. The molecule has 0 radical (unpaired) electrons. The van der Waals surface area contributed by atoms with Crippen LogP contribution >= 0.6 is 15.9 Å². The van der Waals surface area contributed by atoms with E-state index in [-0.39, 0.29) is 0 Å². The molecule has 1 heterocycles. The molecule has 0 bridgehead atoms. The number of benzene rings is 4. The Labute approximate surface area is 171 Å². The van der Waals surface area contributed by atoms with Gasteiger partial charge in [0.15, 0.2) is 5.69 Å². The maximum Gasteiger partial charge on any atom is 0.188 e. The third kappa shape index (κ3) is 2.70. The molecule has 0 atom stereocenters. The minimum atomic E-state index is 0.661. The van der Waals surface area contributed by atoms with Gasteiger partial charge in [0.1, 0.15) is 0 Å². The van der Waals surface area contributed by atoms with Crippen LogP contribution in [0.1, 0.15) is 0 Å². The van der Waals surface area contributed by atoms with E-state index in [2.05, 4.69) is 98.1 Å². The minimum Gasteiger partial charge on any atom is -0.309 e. The highest BCUT2D eigenvalue weighted by molar-refractivity contribution is 9.10. The van der Waals surface area contributed by atoms with E-state index in [0.717, 1.165) is 32.0 Å². The molecule has 3 heteroatoms. The second kappa shape index (κ2) is 6.67. The van der Waals surface area contributed by atoms with Crippen molar-refractivity contribution in [2.45, 2.75) is 0 Å². The van der Waals surface area contributed by atoms with Crippen molar-refractivity contribution in [3.63, 3.8) is 0 Å². The highest BCUT2D eigenvalue weighted by atomic mass is 79.9. The molecule has 0 saturated heterocycles. The van der Waals surface area contributed by atoms with Gasteiger partial charge in [-0.05, 0) is 65.0 Å². The number of rotatable bonds is 2. The molecule has 0 spiro atoms. The highest BCUT2D eigenvalue weighted by Gasteiger charge is 2.13. The van der Waals surface area contributed by atoms with Crippen LogP contribution in [-0.2, 0) is 0 Å². The summed E-state index contributed by atoms with van der Waals surface area (Å²) in [4.78, 5) is 3.64. The fraction of sp³-hybridized carbons (Fsp3) is 0. The predicted molar refractivity (Wildman–Crippen MR) is 120 cm³/mol. The zero-order valence-corrected chi connectivity index (χ0v) is 16.5. The number of hydrogen-bond donors (Lipinski definition) is 0. The van der Waals surface area contributed by atoms with Gasteiger partial charge in [-0.15, -0.1) is 0 Å². The maximum absolute atomic E-state index is 7.41. The molecule has 1 aromatic heterocycles. The average Bonchev–Trinajstić information content (AvgIpc) is 3.07. The summed E-state index contributed by atoms with van der Waals surface area (Å²) in [5, 5.41) is 2.26. The molecule has 0 fully saturated rings. The molecule has 0 N–H and O–H groups in total. The summed E-state index contributed by atoms with van der Waals surface area (Å²) >= 11 is 3.50. The Morgan fingerprint density at radius 3 is 2.04 bits per heavy atom. The van der Waals surface area contributed by atoms with Crippen LogP contribution in [0.2, 0.25) is 0 Å². The average molecular weight is 423 g/mol. The van der Waals surface area contributed by atoms with Crippen LogP contribution in [0.5, 0.6) is 0 Å². The predicted octanol–water partition coefficient (Wildman–Crippen LogP) is 7.76. The molecule has 132 valence electrons. The summed E-state index contributed by atoms with van der Waals surface area (Å²) in [7, 11) is 0. The molecular formula is C25H15BrN2. The number of fused-ring (bicyclic) bond motifs is 3. The maximum atomic E-state index is 7.41. The second-order valence-electron chi connectivity index (χ2n) is 6.72. The van der Waals surface area contributed by atoms with Crippen LogP contribution in [0.3, 0.4) is 0 Å². The summed E-state index contributed by atoms with van der Waals surface area (Å²) in [6.07, 6.45) is 0. The lowest BCUT2D eigenvalue weighted by molar-refractivity contribution is 1.18. The van der Waals surface area contributed by atoms with Gasteiger partial charge in [0.25, 0.3) is 0 Å². The molecule has 2 nitrogen and oxygen atoms in total. The monoisotopic (exact) mass is 422 g/mol. The van der Waals surface area contributed by atoms with E-state index in [1.165, 1.54) is 11.1 Å². The third-order valence-corrected chi connectivity index (χ3v) is 5.60. The van der Waals surface area contributed by atoms with Crippen molar-refractivity contribution in [1.29, 1.82) is 0 Å². The standard InChI is InChI=1S/C25H15BrN2/c1-27-20-12-14-25-23(16-20)22-15-18(17-7-10-19(26)11-8-17)9-13-24(22)28(25)21-5-3-2-4-6-21/h2-16H. The number of hydrogen-bond acceptors (Lipinski definition) is 0. The molecular weight excluding hydrogens is 408 g/mol. The van der Waals surface area contributed by atoms with Gasteiger partial charge in [-0.3, -0.25) is 0 Å². The van der Waals surface area contributed by atoms with Gasteiger partial charge in [0, 0.05) is 15.5 Å². The summed E-state index contributed by atoms with van der Waals surface area (Å²) in [6.45, 7) is 7.41. The molecule has 0 aliphatic carbocycles. The number of nitrogens with zero attached hydrogens (tertiary/aromatic N) is 2. The molecule has 0 saturated carbocycles. The van der Waals surface area contributed by atoms with E-state index in [1.807, 2.05) is 18.2 Å². The molecule has 5 aromatic rings. The zero-order chi connectivity index (χ0) is 19.1. The van der Waals surface area contributed by atoms with Gasteiger partial charge in [0.05, 0.1) is 17.6 Å². The van der Waals surface area contributed by atoms with Crippen LogP contribution in [0.15, 0.2) is 95.5 Å². The number of halogens is 1. The topological polar surface area (TPSA) is 9.29 Å². The van der Waals surface area contributed by atoms with E-state index in [9.17, 15) is 0 Å². The molecule has 4 aromatic carbocycles. The highest BCUT2D eigenvalue weighted by Crippen LogP contribution is 2.36. The molecule has 0 aliphatic heterocycles. The smallest absolute Gasteiger partial charge is 0.188 e. The second-order valence-corrected chi connectivity index (χ2v) is 7.64. The van der Waals surface area contributed by atoms with Gasteiger partial charge in [-0.2, -0.15) is 0 Å². The lowest BCUT2D eigenvalue weighted by Gasteiger charge is -2.08. The quantitative estimate of drug-likeness (QED) is 0.257. The SMILES string of the molecule is [C-]#[N+]c1ccc2c(c1)c1cc(-c3ccc(Br)cc3)ccc1n2-c1ccccc1. The first-order valence-corrected chi connectivity index (χ1v) is 9.81. The van der Waals surface area contributed by atoms with Crippen molar-refractivity contribution >= 4 is 43.4 Å². The Kier molecular flexibility index (Phi) is 4.00. The summed E-state index contributed by atoms with van der Waals surface area (Å²) in [6, 6.07) is 31.2. The van der Waals surface area contributed by atoms with Crippen molar-refractivity contribution in [2.24, 2.45) is 0 Å². The van der Waals surface area contributed by atoms with Gasteiger partial charge >= 0.3 is 0 Å². The molecule has 0 amide bonds. The Morgan fingerprint density at radius 1 is 0.679 bits per heavy atom. The lowest BCUT2D eigenvalue weighted by Crippen LogP contribution is -1.92. The fourth-order valence-corrected chi connectivity index (χ4v) is 4.02. The van der Waals surface area contributed by atoms with Gasteiger partial charge in [0.2, 0.25) is 0 Å². The minimum absolute atomic E-state index is 0.661. The Bertz CT molecular complexity index is 1360. The van der Waals surface area contributed by atoms with Crippen LogP contribution in [-0.4, -0.2) is 4.57 Å². The van der Waals surface area contributed by atoms with E-state index in [0.29, 0.717) is 5.69 Å². The normalized spacial score (nSPS) is 11.0. The lowest BCUT2D eigenvalue weighted by atomic mass is 10.0. The fourth-order valence-electron chi connectivity index (χ4n) is 3.76. The Balaban J connectivity index is 1.85. The summed E-state index contributed by atoms with van der Waals surface area (Å²) in [5.41, 5.74) is 6.38. The van der Waals surface area contributed by atoms with Crippen LogP contribution in [0, 0.1) is 6.57 Å². The van der Waals surface area contributed by atoms with Crippen LogP contribution < -0.4 is 0 Å². The van der Waals surface area contributed by atoms with Gasteiger partial charge in [-0.1, -0.05) is 58.4 Å². The van der Waals surface area contributed by atoms with Crippen molar-refractivity contribution in [2.75, 3.05) is 0 Å². The van der Waals surface area contributed by atoms with Crippen molar-refractivity contribution in [3.05, 3.63) is 107 Å². The van der Waals surface area contributed by atoms with Gasteiger partial charge < -0.3 is 4.57 Å². The van der Waals surface area contributed by atoms with Crippen molar-refractivity contribution in [3.8, 4) is 16.8 Å². The first-order valence-electron chi connectivity index (χ1n) is 9.02. The van der Waals surface area contributed by atoms with Crippen LogP contribution in [0.4, 0.5) is 5.69 Å². The van der Waals surface area contributed by atoms with E-state index < -0.39 is 0 Å². The van der Waals surface area contributed by atoms with Crippen LogP contribution in [0.25, 0.3) is 43.5 Å².